The van der Waals surface area contributed by atoms with Crippen LogP contribution in [0.3, 0.4) is 0 Å². The molecule has 1 heterocycles. The standard InChI is InChI=1S/C31H35F3N2O/c1-21(2)20-36(29(37)15-12-22-10-13-23(14-11-22)31(32,33)34)27-9-6-8-25-24(27)19-28-26-7-4-5-16-30(25,26)17-18-35(28)3/h6,8-11,13-14,21,26,28H,4-5,7,16-20H2,1-3H3/t26-,28+,30-/m0/s1. The molecule has 0 aromatic heterocycles. The molecule has 1 amide bonds. The van der Waals surface area contributed by atoms with Gasteiger partial charge in [-0.2, -0.15) is 13.2 Å². The van der Waals surface area contributed by atoms with E-state index in [2.05, 4.69) is 55.8 Å². The van der Waals surface area contributed by atoms with Crippen LogP contribution in [0.1, 0.15) is 68.2 Å². The molecule has 2 fully saturated rings. The highest BCUT2D eigenvalue weighted by Gasteiger charge is 2.53. The number of hydrogen-bond donors (Lipinski definition) is 0. The lowest BCUT2D eigenvalue weighted by Crippen LogP contribution is -2.60. The smallest absolute Gasteiger partial charge is 0.303 e. The molecule has 1 saturated heterocycles. The van der Waals surface area contributed by atoms with Crippen molar-refractivity contribution in [3.8, 4) is 11.8 Å². The van der Waals surface area contributed by atoms with Crippen LogP contribution >= 0.6 is 0 Å². The quantitative estimate of drug-likeness (QED) is 0.446. The number of hydrogen-bond acceptors (Lipinski definition) is 2. The van der Waals surface area contributed by atoms with Gasteiger partial charge in [-0.25, -0.2) is 0 Å². The van der Waals surface area contributed by atoms with Crippen molar-refractivity contribution >= 4 is 11.6 Å². The molecular weight excluding hydrogens is 473 g/mol. The molecule has 0 N–H and O–H groups in total. The highest BCUT2D eigenvalue weighted by Crippen LogP contribution is 2.56. The van der Waals surface area contributed by atoms with E-state index in [9.17, 15) is 18.0 Å². The molecule has 5 rings (SSSR count). The van der Waals surface area contributed by atoms with E-state index in [4.69, 9.17) is 0 Å². The lowest BCUT2D eigenvalue weighted by Gasteiger charge is -2.58. The zero-order chi connectivity index (χ0) is 26.4. The average Bonchev–Trinajstić information content (AvgIpc) is 2.87. The van der Waals surface area contributed by atoms with E-state index in [1.54, 1.807) is 4.90 Å². The number of rotatable bonds is 3. The SMILES string of the molecule is CC(C)CN(C(=O)C#Cc1ccc(C(F)(F)F)cc1)c1cccc2c1C[C@@H]1[C@@H]3CCCC[C@]23CCN1C. The largest absolute Gasteiger partial charge is 0.416 e. The summed E-state index contributed by atoms with van der Waals surface area (Å²) < 4.78 is 38.7. The summed E-state index contributed by atoms with van der Waals surface area (Å²) in [7, 11) is 2.24. The Morgan fingerprint density at radius 3 is 2.59 bits per heavy atom. The van der Waals surface area contributed by atoms with Gasteiger partial charge in [0.15, 0.2) is 0 Å². The first kappa shape index (κ1) is 25.9. The Labute approximate surface area is 218 Å². The summed E-state index contributed by atoms with van der Waals surface area (Å²) in [6.45, 7) is 5.81. The van der Waals surface area contributed by atoms with E-state index < -0.39 is 11.7 Å². The number of alkyl halides is 3. The molecule has 2 aromatic rings. The van der Waals surface area contributed by atoms with Crippen molar-refractivity contribution in [2.75, 3.05) is 25.0 Å². The van der Waals surface area contributed by atoms with Gasteiger partial charge in [-0.1, -0.05) is 44.7 Å². The number of carbonyl (C=O) groups is 1. The molecule has 6 heteroatoms. The maximum absolute atomic E-state index is 13.5. The third-order valence-corrected chi connectivity index (χ3v) is 8.75. The molecule has 1 saturated carbocycles. The van der Waals surface area contributed by atoms with Crippen LogP contribution in [0, 0.1) is 23.7 Å². The van der Waals surface area contributed by atoms with Crippen LogP contribution in [0.4, 0.5) is 18.9 Å². The molecule has 1 aliphatic heterocycles. The fourth-order valence-corrected chi connectivity index (χ4v) is 7.06. The fourth-order valence-electron chi connectivity index (χ4n) is 7.06. The minimum absolute atomic E-state index is 0.192. The highest BCUT2D eigenvalue weighted by atomic mass is 19.4. The van der Waals surface area contributed by atoms with Crippen LogP contribution in [0.25, 0.3) is 0 Å². The van der Waals surface area contributed by atoms with Gasteiger partial charge in [0, 0.05) is 35.2 Å². The second-order valence-corrected chi connectivity index (χ2v) is 11.4. The molecular formula is C31H35F3N2O. The second kappa shape index (κ2) is 9.83. The number of benzene rings is 2. The molecule has 2 aromatic carbocycles. The third-order valence-electron chi connectivity index (χ3n) is 8.75. The van der Waals surface area contributed by atoms with Gasteiger partial charge in [-0.05, 0) is 92.6 Å². The summed E-state index contributed by atoms with van der Waals surface area (Å²) in [5.74, 6) is 6.11. The topological polar surface area (TPSA) is 23.6 Å². The monoisotopic (exact) mass is 508 g/mol. The van der Waals surface area contributed by atoms with Crippen molar-refractivity contribution in [2.24, 2.45) is 11.8 Å². The van der Waals surface area contributed by atoms with Gasteiger partial charge in [-0.15, -0.1) is 0 Å². The van der Waals surface area contributed by atoms with E-state index in [1.165, 1.54) is 48.9 Å². The Hall–Kier alpha value is -2.78. The fraction of sp³-hybridized carbons (Fsp3) is 0.516. The Morgan fingerprint density at radius 2 is 1.89 bits per heavy atom. The van der Waals surface area contributed by atoms with Gasteiger partial charge in [0.2, 0.25) is 0 Å². The maximum Gasteiger partial charge on any atom is 0.416 e. The molecule has 2 bridgehead atoms. The summed E-state index contributed by atoms with van der Waals surface area (Å²) in [4.78, 5) is 17.8. The maximum atomic E-state index is 13.5. The number of anilines is 1. The first-order valence-electron chi connectivity index (χ1n) is 13.4. The Balaban J connectivity index is 1.51. The number of amides is 1. The first-order valence-corrected chi connectivity index (χ1v) is 13.4. The number of likely N-dealkylation sites (tertiary alicyclic amines) is 1. The molecule has 3 aliphatic rings. The Bertz CT molecular complexity index is 1220. The third kappa shape index (κ3) is 4.79. The summed E-state index contributed by atoms with van der Waals surface area (Å²) >= 11 is 0. The minimum Gasteiger partial charge on any atom is -0.303 e. The predicted octanol–water partition coefficient (Wildman–Crippen LogP) is 6.43. The Morgan fingerprint density at radius 1 is 1.14 bits per heavy atom. The van der Waals surface area contributed by atoms with Crippen LogP contribution in [-0.2, 0) is 22.8 Å². The highest BCUT2D eigenvalue weighted by molar-refractivity contribution is 6.06. The van der Waals surface area contributed by atoms with Crippen molar-refractivity contribution in [1.82, 2.24) is 4.90 Å². The lowest BCUT2D eigenvalue weighted by atomic mass is 9.52. The van der Waals surface area contributed by atoms with Crippen LogP contribution in [0.5, 0.6) is 0 Å². The Kier molecular flexibility index (Phi) is 6.87. The zero-order valence-electron chi connectivity index (χ0n) is 21.9. The van der Waals surface area contributed by atoms with E-state index in [1.807, 2.05) is 0 Å². The first-order chi connectivity index (χ1) is 17.6. The van der Waals surface area contributed by atoms with Gasteiger partial charge < -0.3 is 9.80 Å². The van der Waals surface area contributed by atoms with E-state index in [0.717, 1.165) is 37.2 Å². The van der Waals surface area contributed by atoms with Crippen molar-refractivity contribution in [2.45, 2.75) is 70.0 Å². The van der Waals surface area contributed by atoms with Crippen molar-refractivity contribution in [3.05, 3.63) is 64.7 Å². The summed E-state index contributed by atoms with van der Waals surface area (Å²) in [6.07, 6.45) is 2.73. The molecule has 196 valence electrons. The van der Waals surface area contributed by atoms with E-state index >= 15 is 0 Å². The second-order valence-electron chi connectivity index (χ2n) is 11.4. The number of fused-ring (bicyclic) bond motifs is 1. The van der Waals surface area contributed by atoms with Gasteiger partial charge in [-0.3, -0.25) is 4.79 Å². The summed E-state index contributed by atoms with van der Waals surface area (Å²) in [5.41, 5.74) is 3.51. The van der Waals surface area contributed by atoms with E-state index in [0.29, 0.717) is 24.1 Å². The predicted molar refractivity (Wildman–Crippen MR) is 140 cm³/mol. The van der Waals surface area contributed by atoms with Gasteiger partial charge in [0.05, 0.1) is 5.56 Å². The van der Waals surface area contributed by atoms with Gasteiger partial charge >= 0.3 is 12.1 Å². The van der Waals surface area contributed by atoms with Gasteiger partial charge in [0.1, 0.15) is 0 Å². The number of halogens is 3. The number of likely N-dealkylation sites (N-methyl/N-ethyl adjacent to an activating group) is 1. The van der Waals surface area contributed by atoms with Crippen LogP contribution < -0.4 is 4.90 Å². The molecule has 0 spiro atoms. The van der Waals surface area contributed by atoms with Crippen molar-refractivity contribution in [3.63, 3.8) is 0 Å². The van der Waals surface area contributed by atoms with Crippen LogP contribution in [0.2, 0.25) is 0 Å². The van der Waals surface area contributed by atoms with Gasteiger partial charge in [0.25, 0.3) is 0 Å². The average molecular weight is 509 g/mol. The summed E-state index contributed by atoms with van der Waals surface area (Å²) in [6, 6.07) is 11.6. The normalized spacial score (nSPS) is 25.1. The van der Waals surface area contributed by atoms with Crippen LogP contribution in [0.15, 0.2) is 42.5 Å². The number of piperidine rings is 1. The molecule has 3 nitrogen and oxygen atoms in total. The van der Waals surface area contributed by atoms with Crippen molar-refractivity contribution < 1.29 is 18.0 Å². The molecule has 0 radical (unpaired) electrons. The summed E-state index contributed by atoms with van der Waals surface area (Å²) in [5, 5.41) is 0. The lowest BCUT2D eigenvalue weighted by molar-refractivity contribution is -0.137. The van der Waals surface area contributed by atoms with E-state index in [-0.39, 0.29) is 17.2 Å². The minimum atomic E-state index is -4.40. The number of carbonyl (C=O) groups excluding carboxylic acids is 1. The zero-order valence-corrected chi connectivity index (χ0v) is 21.9. The molecule has 37 heavy (non-hydrogen) atoms. The number of nitrogens with zero attached hydrogens (tertiary/aromatic N) is 2. The van der Waals surface area contributed by atoms with Crippen molar-refractivity contribution in [1.29, 1.82) is 0 Å². The molecule has 3 atom stereocenters. The molecule has 0 unspecified atom stereocenters. The van der Waals surface area contributed by atoms with Crippen LogP contribution in [-0.4, -0.2) is 37.0 Å². The molecule has 2 aliphatic carbocycles.